The quantitative estimate of drug-likeness (QED) is 0.484. The maximum Gasteiger partial charge on any atom is 0.317 e. The topological polar surface area (TPSA) is 84.6 Å². The molecule has 0 saturated heterocycles. The molecule has 0 heterocycles. The second-order valence-electron chi connectivity index (χ2n) is 2.56. The van der Waals surface area contributed by atoms with Crippen LogP contribution in [0.5, 0.6) is 0 Å². The van der Waals surface area contributed by atoms with E-state index in [1.54, 1.807) is 7.11 Å². The van der Waals surface area contributed by atoms with Crippen LogP contribution in [0.25, 0.3) is 0 Å². The van der Waals surface area contributed by atoms with Gasteiger partial charge in [0.2, 0.25) is 0 Å². The molecule has 2 unspecified atom stereocenters. The van der Waals surface area contributed by atoms with Crippen LogP contribution in [-0.2, 0) is 9.53 Å². The molecular formula is C7H16N2O3. The van der Waals surface area contributed by atoms with Crippen LogP contribution in [0.3, 0.4) is 0 Å². The molecule has 0 aromatic heterocycles. The van der Waals surface area contributed by atoms with Gasteiger partial charge in [0, 0.05) is 19.7 Å². The van der Waals surface area contributed by atoms with Crippen molar-refractivity contribution in [2.24, 2.45) is 5.73 Å². The Bertz CT molecular complexity index is 141. The molecule has 0 radical (unpaired) electrons. The van der Waals surface area contributed by atoms with Crippen LogP contribution in [0, 0.1) is 0 Å². The van der Waals surface area contributed by atoms with E-state index in [0.29, 0.717) is 6.54 Å². The molecule has 0 fully saturated rings. The Balaban J connectivity index is 3.74. The third-order valence-corrected chi connectivity index (χ3v) is 1.71. The highest BCUT2D eigenvalue weighted by Gasteiger charge is 2.14. The molecule has 0 aliphatic carbocycles. The van der Waals surface area contributed by atoms with Gasteiger partial charge in [0.1, 0.15) is 0 Å². The van der Waals surface area contributed by atoms with Gasteiger partial charge in [-0.2, -0.15) is 0 Å². The number of aliphatic carboxylic acids is 1. The summed E-state index contributed by atoms with van der Waals surface area (Å²) in [6.45, 7) is 2.12. The molecule has 12 heavy (non-hydrogen) atoms. The molecular weight excluding hydrogens is 160 g/mol. The molecule has 0 aromatic rings. The number of hydrogen-bond donors (Lipinski definition) is 3. The molecule has 0 saturated carbocycles. The molecule has 0 amide bonds. The van der Waals surface area contributed by atoms with E-state index in [9.17, 15) is 4.79 Å². The fourth-order valence-corrected chi connectivity index (χ4v) is 0.824. The number of methoxy groups -OCH3 is 1. The van der Waals surface area contributed by atoms with Crippen LogP contribution in [0.4, 0.5) is 0 Å². The molecule has 0 spiro atoms. The van der Waals surface area contributed by atoms with Crippen molar-refractivity contribution in [1.82, 2.24) is 5.32 Å². The SMILES string of the molecule is COC(C)C(CN)NCC(=O)O. The molecule has 0 rings (SSSR count). The van der Waals surface area contributed by atoms with E-state index in [1.165, 1.54) is 0 Å². The molecule has 4 N–H and O–H groups in total. The van der Waals surface area contributed by atoms with Crippen LogP contribution < -0.4 is 11.1 Å². The minimum Gasteiger partial charge on any atom is -0.480 e. The Morgan fingerprint density at radius 2 is 2.33 bits per heavy atom. The number of carboxylic acid groups (broad SMARTS) is 1. The van der Waals surface area contributed by atoms with Crippen LogP contribution in [0.1, 0.15) is 6.92 Å². The van der Waals surface area contributed by atoms with Gasteiger partial charge in [-0.15, -0.1) is 0 Å². The lowest BCUT2D eigenvalue weighted by Gasteiger charge is -2.21. The lowest BCUT2D eigenvalue weighted by Crippen LogP contribution is -2.46. The standard InChI is InChI=1S/C7H16N2O3/c1-5(12-2)6(3-8)9-4-7(10)11/h5-6,9H,3-4,8H2,1-2H3,(H,10,11). The van der Waals surface area contributed by atoms with E-state index >= 15 is 0 Å². The predicted octanol–water partition coefficient (Wildman–Crippen LogP) is -0.977. The van der Waals surface area contributed by atoms with Gasteiger partial charge in [-0.3, -0.25) is 4.79 Å². The van der Waals surface area contributed by atoms with E-state index in [-0.39, 0.29) is 18.7 Å². The monoisotopic (exact) mass is 176 g/mol. The van der Waals surface area contributed by atoms with E-state index in [0.717, 1.165) is 0 Å². The van der Waals surface area contributed by atoms with Crippen molar-refractivity contribution < 1.29 is 14.6 Å². The zero-order chi connectivity index (χ0) is 9.56. The number of carboxylic acids is 1. The van der Waals surface area contributed by atoms with Crippen LogP contribution >= 0.6 is 0 Å². The Morgan fingerprint density at radius 3 is 2.67 bits per heavy atom. The summed E-state index contributed by atoms with van der Waals surface area (Å²) < 4.78 is 5.00. The first-order valence-electron chi connectivity index (χ1n) is 3.79. The summed E-state index contributed by atoms with van der Waals surface area (Å²) in [7, 11) is 1.57. The lowest BCUT2D eigenvalue weighted by atomic mass is 10.2. The highest BCUT2D eigenvalue weighted by molar-refractivity contribution is 5.69. The zero-order valence-corrected chi connectivity index (χ0v) is 7.41. The van der Waals surface area contributed by atoms with Crippen molar-refractivity contribution in [1.29, 1.82) is 0 Å². The highest BCUT2D eigenvalue weighted by atomic mass is 16.5. The first kappa shape index (κ1) is 11.4. The van der Waals surface area contributed by atoms with Crippen molar-refractivity contribution in [3.05, 3.63) is 0 Å². The predicted molar refractivity (Wildman–Crippen MR) is 45.0 cm³/mol. The summed E-state index contributed by atoms with van der Waals surface area (Å²) in [6.07, 6.45) is -0.0747. The van der Waals surface area contributed by atoms with E-state index in [4.69, 9.17) is 15.6 Å². The van der Waals surface area contributed by atoms with Crippen molar-refractivity contribution in [3.63, 3.8) is 0 Å². The second kappa shape index (κ2) is 5.93. The van der Waals surface area contributed by atoms with Gasteiger partial charge >= 0.3 is 5.97 Å². The first-order valence-corrected chi connectivity index (χ1v) is 3.79. The number of nitrogens with two attached hydrogens (primary N) is 1. The zero-order valence-electron chi connectivity index (χ0n) is 7.41. The Kier molecular flexibility index (Phi) is 5.61. The highest BCUT2D eigenvalue weighted by Crippen LogP contribution is 1.94. The van der Waals surface area contributed by atoms with Gasteiger partial charge in [0.25, 0.3) is 0 Å². The largest absolute Gasteiger partial charge is 0.480 e. The van der Waals surface area contributed by atoms with E-state index in [2.05, 4.69) is 5.32 Å². The van der Waals surface area contributed by atoms with Gasteiger partial charge in [0.15, 0.2) is 0 Å². The lowest BCUT2D eigenvalue weighted by molar-refractivity contribution is -0.136. The van der Waals surface area contributed by atoms with Crippen molar-refractivity contribution >= 4 is 5.97 Å². The number of rotatable bonds is 6. The van der Waals surface area contributed by atoms with E-state index < -0.39 is 5.97 Å². The van der Waals surface area contributed by atoms with Crippen molar-refractivity contribution in [3.8, 4) is 0 Å². The van der Waals surface area contributed by atoms with Gasteiger partial charge in [0.05, 0.1) is 12.6 Å². The van der Waals surface area contributed by atoms with Crippen LogP contribution in [0.15, 0.2) is 0 Å². The molecule has 0 bridgehead atoms. The Labute approximate surface area is 71.9 Å². The van der Waals surface area contributed by atoms with E-state index in [1.807, 2.05) is 6.92 Å². The summed E-state index contributed by atoms with van der Waals surface area (Å²) in [5.41, 5.74) is 5.40. The molecule has 5 heteroatoms. The number of carbonyl (C=O) groups is 1. The third kappa shape index (κ3) is 4.27. The maximum atomic E-state index is 10.2. The average Bonchev–Trinajstić information content (AvgIpc) is 2.04. The van der Waals surface area contributed by atoms with Gasteiger partial charge in [-0.05, 0) is 6.92 Å². The number of hydrogen-bond acceptors (Lipinski definition) is 4. The summed E-state index contributed by atoms with van der Waals surface area (Å²) in [5.74, 6) is -0.892. The normalized spacial score (nSPS) is 15.6. The van der Waals surface area contributed by atoms with Gasteiger partial charge in [-0.1, -0.05) is 0 Å². The molecule has 0 aliphatic rings. The van der Waals surface area contributed by atoms with Crippen LogP contribution in [0.2, 0.25) is 0 Å². The summed E-state index contributed by atoms with van der Waals surface area (Å²) in [5, 5.41) is 11.1. The number of ether oxygens (including phenoxy) is 1. The third-order valence-electron chi connectivity index (χ3n) is 1.71. The van der Waals surface area contributed by atoms with Gasteiger partial charge < -0.3 is 20.9 Å². The molecule has 5 nitrogen and oxygen atoms in total. The summed E-state index contributed by atoms with van der Waals surface area (Å²) in [4.78, 5) is 10.2. The Hall–Kier alpha value is -0.650. The average molecular weight is 176 g/mol. The minimum atomic E-state index is -0.892. The molecule has 0 aromatic carbocycles. The summed E-state index contributed by atoms with van der Waals surface area (Å²) >= 11 is 0. The van der Waals surface area contributed by atoms with Crippen molar-refractivity contribution in [2.45, 2.75) is 19.1 Å². The minimum absolute atomic E-state index is 0.0747. The Morgan fingerprint density at radius 1 is 1.75 bits per heavy atom. The smallest absolute Gasteiger partial charge is 0.317 e. The fraction of sp³-hybridized carbons (Fsp3) is 0.857. The van der Waals surface area contributed by atoms with Gasteiger partial charge in [-0.25, -0.2) is 0 Å². The van der Waals surface area contributed by atoms with Crippen molar-refractivity contribution in [2.75, 3.05) is 20.2 Å². The maximum absolute atomic E-state index is 10.2. The van der Waals surface area contributed by atoms with Crippen LogP contribution in [-0.4, -0.2) is 43.4 Å². The first-order chi connectivity index (χ1) is 5.61. The fourth-order valence-electron chi connectivity index (χ4n) is 0.824. The molecule has 0 aliphatic heterocycles. The summed E-state index contributed by atoms with van der Waals surface area (Å²) in [6, 6.07) is -0.105. The molecule has 2 atom stereocenters. The second-order valence-corrected chi connectivity index (χ2v) is 2.56. The molecule has 72 valence electrons. The number of nitrogens with one attached hydrogen (secondary N) is 1.